The van der Waals surface area contributed by atoms with Crippen molar-refractivity contribution in [2.24, 2.45) is 0 Å². The third-order valence-corrected chi connectivity index (χ3v) is 4.59. The maximum absolute atomic E-state index is 5.56. The van der Waals surface area contributed by atoms with Crippen molar-refractivity contribution in [2.75, 3.05) is 45.9 Å². The number of rotatable bonds is 4. The van der Waals surface area contributed by atoms with Gasteiger partial charge in [0.25, 0.3) is 0 Å². The summed E-state index contributed by atoms with van der Waals surface area (Å²) in [7, 11) is 0. The Morgan fingerprint density at radius 2 is 1.95 bits per heavy atom. The third kappa shape index (κ3) is 2.69. The molecule has 3 heteroatoms. The van der Waals surface area contributed by atoms with Gasteiger partial charge in [-0.15, -0.1) is 0 Å². The van der Waals surface area contributed by atoms with Crippen molar-refractivity contribution >= 4 is 0 Å². The van der Waals surface area contributed by atoms with Crippen LogP contribution in [0.5, 0.6) is 0 Å². The van der Waals surface area contributed by atoms with Gasteiger partial charge in [0, 0.05) is 31.6 Å². The number of nitrogens with one attached hydrogen (secondary N) is 1. The summed E-state index contributed by atoms with van der Waals surface area (Å²) >= 11 is 0. The van der Waals surface area contributed by atoms with E-state index in [9.17, 15) is 0 Å². The Morgan fingerprint density at radius 3 is 2.58 bits per heavy atom. The van der Waals surface area contributed by atoms with Crippen LogP contribution in [0.2, 0.25) is 0 Å². The van der Waals surface area contributed by atoms with Crippen LogP contribution in [-0.4, -0.2) is 50.8 Å². The molecule has 0 unspecified atom stereocenters. The zero-order chi connectivity index (χ0) is 13.1. The third-order valence-electron chi connectivity index (χ3n) is 4.59. The molecule has 3 rings (SSSR count). The van der Waals surface area contributed by atoms with E-state index in [1.807, 2.05) is 0 Å². The van der Waals surface area contributed by atoms with E-state index in [-0.39, 0.29) is 5.41 Å². The SMILES string of the molecule is Cc1ccccc1C1(CCN2CCNCC2)COC1. The molecule has 19 heavy (non-hydrogen) atoms. The molecule has 0 spiro atoms. The van der Waals surface area contributed by atoms with Gasteiger partial charge in [-0.1, -0.05) is 24.3 Å². The number of piperazine rings is 1. The normalized spacial score (nSPS) is 23.0. The predicted octanol–water partition coefficient (Wildman–Crippen LogP) is 1.56. The molecule has 0 atom stereocenters. The molecule has 1 aromatic rings. The summed E-state index contributed by atoms with van der Waals surface area (Å²) in [6, 6.07) is 8.80. The number of ether oxygens (including phenoxy) is 1. The zero-order valence-corrected chi connectivity index (χ0v) is 11.8. The standard InChI is InChI=1S/C16H24N2O/c1-14-4-2-3-5-15(14)16(12-19-13-16)6-9-18-10-7-17-8-11-18/h2-5,17H,6-13H2,1H3. The van der Waals surface area contributed by atoms with Gasteiger partial charge in [-0.25, -0.2) is 0 Å². The predicted molar refractivity (Wildman–Crippen MR) is 77.6 cm³/mol. The van der Waals surface area contributed by atoms with E-state index in [0.29, 0.717) is 0 Å². The lowest BCUT2D eigenvalue weighted by atomic mass is 9.74. The molecule has 1 aromatic carbocycles. The van der Waals surface area contributed by atoms with Gasteiger partial charge in [0.1, 0.15) is 0 Å². The lowest BCUT2D eigenvalue weighted by Crippen LogP contribution is -2.51. The molecule has 0 aromatic heterocycles. The fourth-order valence-electron chi connectivity index (χ4n) is 3.26. The van der Waals surface area contributed by atoms with Gasteiger partial charge in [-0.2, -0.15) is 0 Å². The maximum Gasteiger partial charge on any atom is 0.0586 e. The minimum atomic E-state index is 0.274. The van der Waals surface area contributed by atoms with Crippen molar-refractivity contribution in [1.29, 1.82) is 0 Å². The Labute approximate surface area is 115 Å². The van der Waals surface area contributed by atoms with Crippen LogP contribution in [0.25, 0.3) is 0 Å². The van der Waals surface area contributed by atoms with Gasteiger partial charge in [0.05, 0.1) is 13.2 Å². The fourth-order valence-corrected chi connectivity index (χ4v) is 3.26. The van der Waals surface area contributed by atoms with Crippen molar-refractivity contribution in [3.8, 4) is 0 Å². The second-order valence-electron chi connectivity index (χ2n) is 5.93. The van der Waals surface area contributed by atoms with Gasteiger partial charge in [0.15, 0.2) is 0 Å². The molecule has 0 amide bonds. The summed E-state index contributed by atoms with van der Waals surface area (Å²) in [5.41, 5.74) is 3.18. The Kier molecular flexibility index (Phi) is 3.87. The number of hydrogen-bond donors (Lipinski definition) is 1. The first-order valence-corrected chi connectivity index (χ1v) is 7.37. The van der Waals surface area contributed by atoms with E-state index < -0.39 is 0 Å². The Hall–Kier alpha value is -0.900. The molecule has 0 aliphatic carbocycles. The average molecular weight is 260 g/mol. The van der Waals surface area contributed by atoms with Crippen LogP contribution in [0.1, 0.15) is 17.5 Å². The molecule has 2 saturated heterocycles. The summed E-state index contributed by atoms with van der Waals surface area (Å²) in [4.78, 5) is 2.58. The fraction of sp³-hybridized carbons (Fsp3) is 0.625. The van der Waals surface area contributed by atoms with Crippen LogP contribution >= 0.6 is 0 Å². The number of hydrogen-bond acceptors (Lipinski definition) is 3. The molecule has 2 aliphatic rings. The molecule has 0 saturated carbocycles. The molecule has 0 bridgehead atoms. The lowest BCUT2D eigenvalue weighted by molar-refractivity contribution is -0.0682. The quantitative estimate of drug-likeness (QED) is 0.889. The molecule has 104 valence electrons. The summed E-state index contributed by atoms with van der Waals surface area (Å²) in [5.74, 6) is 0. The van der Waals surface area contributed by atoms with Crippen molar-refractivity contribution in [3.63, 3.8) is 0 Å². The Morgan fingerprint density at radius 1 is 1.21 bits per heavy atom. The molecule has 1 N–H and O–H groups in total. The van der Waals surface area contributed by atoms with Crippen LogP contribution in [0.3, 0.4) is 0 Å². The van der Waals surface area contributed by atoms with Crippen LogP contribution < -0.4 is 5.32 Å². The van der Waals surface area contributed by atoms with E-state index in [1.54, 1.807) is 0 Å². The lowest BCUT2D eigenvalue weighted by Gasteiger charge is -2.44. The van der Waals surface area contributed by atoms with Crippen molar-refractivity contribution in [3.05, 3.63) is 35.4 Å². The first-order chi connectivity index (χ1) is 9.30. The van der Waals surface area contributed by atoms with Gasteiger partial charge in [0.2, 0.25) is 0 Å². The summed E-state index contributed by atoms with van der Waals surface area (Å²) in [5, 5.41) is 3.41. The minimum Gasteiger partial charge on any atom is -0.379 e. The second kappa shape index (κ2) is 5.61. The van der Waals surface area contributed by atoms with Crippen LogP contribution in [0.4, 0.5) is 0 Å². The van der Waals surface area contributed by atoms with E-state index in [4.69, 9.17) is 4.74 Å². The highest BCUT2D eigenvalue weighted by atomic mass is 16.5. The topological polar surface area (TPSA) is 24.5 Å². The van der Waals surface area contributed by atoms with Crippen molar-refractivity contribution in [2.45, 2.75) is 18.8 Å². The monoisotopic (exact) mass is 260 g/mol. The second-order valence-corrected chi connectivity index (χ2v) is 5.93. The molecular weight excluding hydrogens is 236 g/mol. The van der Waals surface area contributed by atoms with Crippen molar-refractivity contribution < 1.29 is 4.74 Å². The van der Waals surface area contributed by atoms with Gasteiger partial charge in [-0.05, 0) is 31.0 Å². The van der Waals surface area contributed by atoms with Crippen molar-refractivity contribution in [1.82, 2.24) is 10.2 Å². The van der Waals surface area contributed by atoms with Crippen LogP contribution in [0.15, 0.2) is 24.3 Å². The molecule has 3 nitrogen and oxygen atoms in total. The smallest absolute Gasteiger partial charge is 0.0586 e. The summed E-state index contributed by atoms with van der Waals surface area (Å²) < 4.78 is 5.56. The van der Waals surface area contributed by atoms with Crippen LogP contribution in [0, 0.1) is 6.92 Å². The van der Waals surface area contributed by atoms with E-state index >= 15 is 0 Å². The summed E-state index contributed by atoms with van der Waals surface area (Å²) in [6.07, 6.45) is 1.22. The highest BCUT2D eigenvalue weighted by Crippen LogP contribution is 2.37. The highest BCUT2D eigenvalue weighted by molar-refractivity contribution is 5.35. The molecule has 2 aliphatic heterocycles. The summed E-state index contributed by atoms with van der Waals surface area (Å²) in [6.45, 7) is 9.84. The number of aryl methyl sites for hydroxylation is 1. The average Bonchev–Trinajstić information content (AvgIpc) is 2.41. The number of nitrogens with zero attached hydrogens (tertiary/aromatic N) is 1. The molecule has 2 fully saturated rings. The highest BCUT2D eigenvalue weighted by Gasteiger charge is 2.41. The largest absolute Gasteiger partial charge is 0.379 e. The van der Waals surface area contributed by atoms with Gasteiger partial charge < -0.3 is 15.0 Å². The van der Waals surface area contributed by atoms with E-state index in [1.165, 1.54) is 37.2 Å². The first-order valence-electron chi connectivity index (χ1n) is 7.37. The maximum atomic E-state index is 5.56. The van der Waals surface area contributed by atoms with E-state index in [2.05, 4.69) is 41.4 Å². The minimum absolute atomic E-state index is 0.274. The van der Waals surface area contributed by atoms with E-state index in [0.717, 1.165) is 26.3 Å². The molecular formula is C16H24N2O. The zero-order valence-electron chi connectivity index (χ0n) is 11.8. The Bertz CT molecular complexity index is 423. The first kappa shape index (κ1) is 13.1. The molecule has 0 radical (unpaired) electrons. The van der Waals surface area contributed by atoms with Crippen LogP contribution in [-0.2, 0) is 10.2 Å². The van der Waals surface area contributed by atoms with Gasteiger partial charge >= 0.3 is 0 Å². The molecule has 2 heterocycles. The number of benzene rings is 1. The Balaban J connectivity index is 1.67. The van der Waals surface area contributed by atoms with Gasteiger partial charge in [-0.3, -0.25) is 0 Å².